The van der Waals surface area contributed by atoms with Crippen molar-refractivity contribution in [3.8, 4) is 5.75 Å². The van der Waals surface area contributed by atoms with E-state index in [9.17, 15) is 4.39 Å². The standard InChI is InChI=1S/C23H24F2O/c1-2-3-6-17-26-21-14-10-19(11-15-21)23(25)16-5-4-7-22(23)18-8-12-20(24)13-9-18/h4-5,7-15H,2-3,6,16-17H2,1H3. The van der Waals surface area contributed by atoms with Gasteiger partial charge >= 0.3 is 0 Å². The van der Waals surface area contributed by atoms with Crippen molar-refractivity contribution in [2.45, 2.75) is 38.3 Å². The molecule has 0 saturated heterocycles. The summed E-state index contributed by atoms with van der Waals surface area (Å²) in [5.41, 5.74) is 0.195. The smallest absolute Gasteiger partial charge is 0.165 e. The minimum Gasteiger partial charge on any atom is -0.494 e. The molecule has 1 aliphatic carbocycles. The maximum absolute atomic E-state index is 16.0. The first-order valence-electron chi connectivity index (χ1n) is 9.19. The van der Waals surface area contributed by atoms with E-state index in [0.717, 1.165) is 25.0 Å². The molecule has 3 heteroatoms. The van der Waals surface area contributed by atoms with Crippen molar-refractivity contribution in [1.82, 2.24) is 0 Å². The molecule has 1 unspecified atom stereocenters. The van der Waals surface area contributed by atoms with Crippen molar-refractivity contribution in [1.29, 1.82) is 0 Å². The first-order valence-corrected chi connectivity index (χ1v) is 9.19. The Hall–Kier alpha value is -2.42. The molecule has 2 aromatic carbocycles. The normalized spacial score (nSPS) is 19.3. The summed E-state index contributed by atoms with van der Waals surface area (Å²) in [6.07, 6.45) is 9.01. The van der Waals surface area contributed by atoms with E-state index in [1.165, 1.54) is 12.1 Å². The Labute approximate surface area is 154 Å². The van der Waals surface area contributed by atoms with Gasteiger partial charge in [0.1, 0.15) is 11.6 Å². The lowest BCUT2D eigenvalue weighted by Gasteiger charge is -2.30. The highest BCUT2D eigenvalue weighted by atomic mass is 19.1. The second-order valence-corrected chi connectivity index (χ2v) is 6.60. The Morgan fingerprint density at radius 2 is 1.73 bits per heavy atom. The van der Waals surface area contributed by atoms with Crippen LogP contribution in [0, 0.1) is 5.82 Å². The van der Waals surface area contributed by atoms with Crippen LogP contribution < -0.4 is 4.74 Å². The van der Waals surface area contributed by atoms with Gasteiger partial charge in [-0.1, -0.05) is 62.3 Å². The van der Waals surface area contributed by atoms with Gasteiger partial charge in [-0.25, -0.2) is 8.78 Å². The summed E-state index contributed by atoms with van der Waals surface area (Å²) < 4.78 is 34.9. The van der Waals surface area contributed by atoms with Crippen LogP contribution in [-0.2, 0) is 5.67 Å². The maximum Gasteiger partial charge on any atom is 0.165 e. The van der Waals surface area contributed by atoms with E-state index in [-0.39, 0.29) is 12.2 Å². The molecule has 0 aliphatic heterocycles. The van der Waals surface area contributed by atoms with Crippen LogP contribution in [0.15, 0.2) is 66.8 Å². The third-order valence-corrected chi connectivity index (χ3v) is 4.71. The zero-order valence-electron chi connectivity index (χ0n) is 15.1. The predicted octanol–water partition coefficient (Wildman–Crippen LogP) is 6.60. The quantitative estimate of drug-likeness (QED) is 0.509. The van der Waals surface area contributed by atoms with E-state index >= 15 is 4.39 Å². The first-order chi connectivity index (χ1) is 12.6. The van der Waals surface area contributed by atoms with Gasteiger partial charge in [0.15, 0.2) is 5.67 Å². The molecule has 0 heterocycles. The van der Waals surface area contributed by atoms with Gasteiger partial charge in [-0.15, -0.1) is 0 Å². The van der Waals surface area contributed by atoms with Crippen molar-refractivity contribution in [3.05, 3.63) is 83.7 Å². The van der Waals surface area contributed by atoms with Gasteiger partial charge in [0.25, 0.3) is 0 Å². The molecule has 0 amide bonds. The van der Waals surface area contributed by atoms with Crippen LogP contribution in [0.2, 0.25) is 0 Å². The molecule has 0 aromatic heterocycles. The number of hydrogen-bond donors (Lipinski definition) is 0. The first kappa shape index (κ1) is 18.4. The summed E-state index contributed by atoms with van der Waals surface area (Å²) in [6.45, 7) is 2.83. The highest BCUT2D eigenvalue weighted by Gasteiger charge is 2.37. The summed E-state index contributed by atoms with van der Waals surface area (Å²) in [6, 6.07) is 13.2. The predicted molar refractivity (Wildman–Crippen MR) is 102 cm³/mol. The number of halogens is 2. The number of alkyl halides is 1. The Bertz CT molecular complexity index is 775. The molecule has 0 N–H and O–H groups in total. The van der Waals surface area contributed by atoms with E-state index in [2.05, 4.69) is 6.92 Å². The zero-order valence-corrected chi connectivity index (χ0v) is 15.1. The van der Waals surface area contributed by atoms with E-state index < -0.39 is 5.67 Å². The van der Waals surface area contributed by atoms with Crippen LogP contribution in [0.1, 0.15) is 43.7 Å². The Morgan fingerprint density at radius 3 is 2.42 bits per heavy atom. The second-order valence-electron chi connectivity index (χ2n) is 6.60. The van der Waals surface area contributed by atoms with Crippen molar-refractivity contribution < 1.29 is 13.5 Å². The molecule has 1 nitrogen and oxygen atoms in total. The van der Waals surface area contributed by atoms with Gasteiger partial charge in [0, 0.05) is 12.0 Å². The van der Waals surface area contributed by atoms with Crippen LogP contribution in [0.25, 0.3) is 5.57 Å². The molecule has 0 spiro atoms. The van der Waals surface area contributed by atoms with Crippen molar-refractivity contribution in [2.75, 3.05) is 6.61 Å². The SMILES string of the molecule is CCCCCOc1ccc(C2(F)CC=CC=C2c2ccc(F)cc2)cc1. The number of allylic oxidation sites excluding steroid dienone is 4. The van der Waals surface area contributed by atoms with E-state index in [0.29, 0.717) is 23.3 Å². The van der Waals surface area contributed by atoms with Crippen molar-refractivity contribution in [3.63, 3.8) is 0 Å². The molecule has 1 atom stereocenters. The largest absolute Gasteiger partial charge is 0.494 e. The van der Waals surface area contributed by atoms with Gasteiger partial charge < -0.3 is 4.74 Å². The molecule has 0 radical (unpaired) electrons. The zero-order chi connectivity index (χ0) is 18.4. The summed E-state index contributed by atoms with van der Waals surface area (Å²) in [7, 11) is 0. The molecular weight excluding hydrogens is 330 g/mol. The average Bonchev–Trinajstić information content (AvgIpc) is 2.67. The number of ether oxygens (including phenoxy) is 1. The van der Waals surface area contributed by atoms with E-state index in [4.69, 9.17) is 4.74 Å². The van der Waals surface area contributed by atoms with Crippen LogP contribution >= 0.6 is 0 Å². The fourth-order valence-electron chi connectivity index (χ4n) is 3.22. The van der Waals surface area contributed by atoms with Gasteiger partial charge in [-0.2, -0.15) is 0 Å². The fraction of sp³-hybridized carbons (Fsp3) is 0.304. The van der Waals surface area contributed by atoms with Crippen molar-refractivity contribution >= 4 is 5.57 Å². The minimum absolute atomic E-state index is 0.257. The molecule has 3 rings (SSSR count). The van der Waals surface area contributed by atoms with E-state index in [1.807, 2.05) is 24.3 Å². The number of benzene rings is 2. The molecule has 1 aliphatic rings. The average molecular weight is 354 g/mol. The molecule has 2 aromatic rings. The molecule has 0 fully saturated rings. The summed E-state index contributed by atoms with van der Waals surface area (Å²) in [5, 5.41) is 0. The topological polar surface area (TPSA) is 9.23 Å². The molecular formula is C23H24F2O. The van der Waals surface area contributed by atoms with Crippen LogP contribution in [0.4, 0.5) is 8.78 Å². The molecule has 0 bridgehead atoms. The lowest BCUT2D eigenvalue weighted by molar-refractivity contribution is 0.249. The Kier molecular flexibility index (Phi) is 5.87. The van der Waals surface area contributed by atoms with Crippen LogP contribution in [0.3, 0.4) is 0 Å². The van der Waals surface area contributed by atoms with Gasteiger partial charge in [0.2, 0.25) is 0 Å². The van der Waals surface area contributed by atoms with Crippen LogP contribution in [-0.4, -0.2) is 6.61 Å². The lowest BCUT2D eigenvalue weighted by atomic mass is 9.79. The molecule has 0 saturated carbocycles. The third kappa shape index (κ3) is 4.04. The molecule has 26 heavy (non-hydrogen) atoms. The number of unbranched alkanes of at least 4 members (excludes halogenated alkanes) is 2. The van der Waals surface area contributed by atoms with Gasteiger partial charge in [-0.05, 0) is 41.8 Å². The van der Waals surface area contributed by atoms with Gasteiger partial charge in [-0.3, -0.25) is 0 Å². The maximum atomic E-state index is 16.0. The van der Waals surface area contributed by atoms with Gasteiger partial charge in [0.05, 0.1) is 6.61 Å². The number of hydrogen-bond acceptors (Lipinski definition) is 1. The lowest BCUT2D eigenvalue weighted by Crippen LogP contribution is -2.23. The fourth-order valence-corrected chi connectivity index (χ4v) is 3.22. The van der Waals surface area contributed by atoms with Crippen LogP contribution in [0.5, 0.6) is 5.75 Å². The third-order valence-electron chi connectivity index (χ3n) is 4.71. The Balaban J connectivity index is 1.80. The minimum atomic E-state index is -1.63. The second kappa shape index (κ2) is 8.31. The highest BCUT2D eigenvalue weighted by molar-refractivity contribution is 5.76. The summed E-state index contributed by atoms with van der Waals surface area (Å²) in [4.78, 5) is 0. The number of rotatable bonds is 7. The van der Waals surface area contributed by atoms with Crippen molar-refractivity contribution in [2.24, 2.45) is 0 Å². The Morgan fingerprint density at radius 1 is 1.00 bits per heavy atom. The molecule has 136 valence electrons. The monoisotopic (exact) mass is 354 g/mol. The highest BCUT2D eigenvalue weighted by Crippen LogP contribution is 2.45. The van der Waals surface area contributed by atoms with E-state index in [1.54, 1.807) is 30.3 Å². The summed E-state index contributed by atoms with van der Waals surface area (Å²) >= 11 is 0. The summed E-state index contributed by atoms with van der Waals surface area (Å²) in [5.74, 6) is 0.432.